The van der Waals surface area contributed by atoms with Crippen molar-refractivity contribution in [1.29, 1.82) is 0 Å². The van der Waals surface area contributed by atoms with Crippen LogP contribution in [0.3, 0.4) is 0 Å². The fraction of sp³-hybridized carbons (Fsp3) is 0.333. The van der Waals surface area contributed by atoms with Gasteiger partial charge in [-0.15, -0.1) is 0 Å². The Hall–Kier alpha value is -1.53. The van der Waals surface area contributed by atoms with Crippen molar-refractivity contribution in [1.82, 2.24) is 0 Å². The molecule has 0 aliphatic rings. The van der Waals surface area contributed by atoms with Crippen LogP contribution in [0, 0.1) is 0 Å². The first-order valence-corrected chi connectivity index (χ1v) is 7.48. The Labute approximate surface area is 126 Å². The molecule has 2 N–H and O–H groups in total. The number of nitrogens with two attached hydrogens (primary N) is 1. The standard InChI is InChI=1S/C15H17F3N2S/c1-20(9-12-5-7-21-10-12)14-3-2-11(4-6-19)8-13(14)15(16,17)18/h2-3,5,7-8,10H,4,6,9,19H2,1H3. The van der Waals surface area contributed by atoms with Crippen LogP contribution in [0.5, 0.6) is 0 Å². The van der Waals surface area contributed by atoms with E-state index in [4.69, 9.17) is 5.73 Å². The van der Waals surface area contributed by atoms with Gasteiger partial charge in [0.05, 0.1) is 5.56 Å². The summed E-state index contributed by atoms with van der Waals surface area (Å²) in [5.74, 6) is 0. The molecule has 114 valence electrons. The van der Waals surface area contributed by atoms with Gasteiger partial charge in [0.2, 0.25) is 0 Å². The predicted molar refractivity (Wildman–Crippen MR) is 80.6 cm³/mol. The number of nitrogens with zero attached hydrogens (tertiary/aromatic N) is 1. The minimum absolute atomic E-state index is 0.189. The fourth-order valence-corrected chi connectivity index (χ4v) is 2.87. The van der Waals surface area contributed by atoms with Gasteiger partial charge in [0.1, 0.15) is 0 Å². The molecule has 0 radical (unpaired) electrons. The molecule has 1 heterocycles. The van der Waals surface area contributed by atoms with Gasteiger partial charge in [-0.25, -0.2) is 0 Å². The number of anilines is 1. The molecule has 1 aromatic heterocycles. The highest BCUT2D eigenvalue weighted by Gasteiger charge is 2.34. The SMILES string of the molecule is CN(Cc1ccsc1)c1ccc(CCN)cc1C(F)(F)F. The second kappa shape index (κ2) is 6.49. The van der Waals surface area contributed by atoms with Crippen LogP contribution in [0.15, 0.2) is 35.0 Å². The Kier molecular flexibility index (Phi) is 4.90. The monoisotopic (exact) mass is 314 g/mol. The molecule has 0 saturated heterocycles. The lowest BCUT2D eigenvalue weighted by Crippen LogP contribution is -2.21. The number of hydrogen-bond acceptors (Lipinski definition) is 3. The number of hydrogen-bond donors (Lipinski definition) is 1. The third-order valence-electron chi connectivity index (χ3n) is 3.21. The van der Waals surface area contributed by atoms with Gasteiger partial charge in [-0.1, -0.05) is 6.07 Å². The van der Waals surface area contributed by atoms with Crippen molar-refractivity contribution in [3.8, 4) is 0 Å². The Bertz CT molecular complexity index is 579. The average Bonchev–Trinajstić information content (AvgIpc) is 2.91. The lowest BCUT2D eigenvalue weighted by molar-refractivity contribution is -0.137. The van der Waals surface area contributed by atoms with Crippen molar-refractivity contribution >= 4 is 17.0 Å². The van der Waals surface area contributed by atoms with Crippen LogP contribution in [-0.2, 0) is 19.1 Å². The summed E-state index contributed by atoms with van der Waals surface area (Å²) in [5.41, 5.74) is 6.61. The summed E-state index contributed by atoms with van der Waals surface area (Å²) in [6.45, 7) is 0.782. The maximum atomic E-state index is 13.3. The van der Waals surface area contributed by atoms with Gasteiger partial charge in [0.15, 0.2) is 0 Å². The highest BCUT2D eigenvalue weighted by atomic mass is 32.1. The molecule has 2 rings (SSSR count). The third-order valence-corrected chi connectivity index (χ3v) is 3.94. The largest absolute Gasteiger partial charge is 0.418 e. The molecule has 2 aromatic rings. The van der Waals surface area contributed by atoms with E-state index in [0.717, 1.165) is 5.56 Å². The summed E-state index contributed by atoms with van der Waals surface area (Å²) in [4.78, 5) is 1.62. The summed E-state index contributed by atoms with van der Waals surface area (Å²) in [6, 6.07) is 6.35. The molecule has 0 bridgehead atoms. The van der Waals surface area contributed by atoms with Crippen molar-refractivity contribution in [3.63, 3.8) is 0 Å². The zero-order valence-corrected chi connectivity index (χ0v) is 12.5. The molecule has 0 amide bonds. The lowest BCUT2D eigenvalue weighted by atomic mass is 10.0. The highest BCUT2D eigenvalue weighted by molar-refractivity contribution is 7.07. The second-order valence-corrected chi connectivity index (χ2v) is 5.66. The molecule has 2 nitrogen and oxygen atoms in total. The van der Waals surface area contributed by atoms with Crippen LogP contribution in [0.2, 0.25) is 0 Å². The molecule has 1 aromatic carbocycles. The van der Waals surface area contributed by atoms with Gasteiger partial charge >= 0.3 is 6.18 Å². The smallest absolute Gasteiger partial charge is 0.370 e. The van der Waals surface area contributed by atoms with Gasteiger partial charge in [0, 0.05) is 19.3 Å². The summed E-state index contributed by atoms with van der Waals surface area (Å²) in [5, 5.41) is 3.85. The van der Waals surface area contributed by atoms with E-state index >= 15 is 0 Å². The number of rotatable bonds is 5. The van der Waals surface area contributed by atoms with E-state index in [1.165, 1.54) is 23.5 Å². The fourth-order valence-electron chi connectivity index (χ4n) is 2.21. The summed E-state index contributed by atoms with van der Waals surface area (Å²) < 4.78 is 39.8. The van der Waals surface area contributed by atoms with Crippen molar-refractivity contribution < 1.29 is 13.2 Å². The van der Waals surface area contributed by atoms with Crippen LogP contribution in [0.4, 0.5) is 18.9 Å². The van der Waals surface area contributed by atoms with E-state index in [1.807, 2.05) is 16.8 Å². The summed E-state index contributed by atoms with van der Waals surface area (Å²) in [6.07, 6.45) is -3.93. The third kappa shape index (κ3) is 3.98. The molecular formula is C15H17F3N2S. The number of alkyl halides is 3. The maximum Gasteiger partial charge on any atom is 0.418 e. The van der Waals surface area contributed by atoms with Gasteiger partial charge < -0.3 is 10.6 Å². The quantitative estimate of drug-likeness (QED) is 0.907. The molecular weight excluding hydrogens is 297 g/mol. The normalized spacial score (nSPS) is 11.7. The number of thiophene rings is 1. The second-order valence-electron chi connectivity index (χ2n) is 4.88. The Morgan fingerprint density at radius 3 is 2.52 bits per heavy atom. The van der Waals surface area contributed by atoms with Gasteiger partial charge in [-0.3, -0.25) is 0 Å². The van der Waals surface area contributed by atoms with Gasteiger partial charge in [-0.05, 0) is 53.1 Å². The van der Waals surface area contributed by atoms with Gasteiger partial charge in [-0.2, -0.15) is 24.5 Å². The first-order valence-electron chi connectivity index (χ1n) is 6.54. The first-order chi connectivity index (χ1) is 9.91. The van der Waals surface area contributed by atoms with Crippen LogP contribution in [0.1, 0.15) is 16.7 Å². The zero-order chi connectivity index (χ0) is 15.5. The van der Waals surface area contributed by atoms with E-state index in [2.05, 4.69) is 0 Å². The van der Waals surface area contributed by atoms with Crippen molar-refractivity contribution in [2.75, 3.05) is 18.5 Å². The number of benzene rings is 1. The summed E-state index contributed by atoms with van der Waals surface area (Å²) in [7, 11) is 1.67. The Morgan fingerprint density at radius 1 is 1.19 bits per heavy atom. The molecule has 0 saturated carbocycles. The zero-order valence-electron chi connectivity index (χ0n) is 11.7. The van der Waals surface area contributed by atoms with Crippen LogP contribution in [0.25, 0.3) is 0 Å². The molecule has 6 heteroatoms. The number of halogens is 3. The van der Waals surface area contributed by atoms with Crippen LogP contribution in [-0.4, -0.2) is 13.6 Å². The Morgan fingerprint density at radius 2 is 1.95 bits per heavy atom. The van der Waals surface area contributed by atoms with Gasteiger partial charge in [0.25, 0.3) is 0 Å². The first kappa shape index (κ1) is 15.9. The average molecular weight is 314 g/mol. The van der Waals surface area contributed by atoms with E-state index in [-0.39, 0.29) is 5.69 Å². The van der Waals surface area contributed by atoms with E-state index < -0.39 is 11.7 Å². The van der Waals surface area contributed by atoms with E-state index in [1.54, 1.807) is 18.0 Å². The van der Waals surface area contributed by atoms with Crippen molar-refractivity contribution in [2.45, 2.75) is 19.1 Å². The molecule has 21 heavy (non-hydrogen) atoms. The van der Waals surface area contributed by atoms with Crippen molar-refractivity contribution in [3.05, 3.63) is 51.7 Å². The molecule has 0 fully saturated rings. The minimum atomic E-state index is -4.37. The van der Waals surface area contributed by atoms with Crippen LogP contribution >= 0.6 is 11.3 Å². The van der Waals surface area contributed by atoms with Crippen molar-refractivity contribution in [2.24, 2.45) is 5.73 Å². The molecule has 0 aliphatic heterocycles. The molecule has 0 spiro atoms. The topological polar surface area (TPSA) is 29.3 Å². The lowest BCUT2D eigenvalue weighted by Gasteiger charge is -2.24. The minimum Gasteiger partial charge on any atom is -0.370 e. The van der Waals surface area contributed by atoms with Crippen LogP contribution < -0.4 is 10.6 Å². The molecule has 0 atom stereocenters. The molecule has 0 aliphatic carbocycles. The van der Waals surface area contributed by atoms with E-state index in [0.29, 0.717) is 25.1 Å². The highest BCUT2D eigenvalue weighted by Crippen LogP contribution is 2.37. The van der Waals surface area contributed by atoms with E-state index in [9.17, 15) is 13.2 Å². The molecule has 0 unspecified atom stereocenters. The predicted octanol–water partition coefficient (Wildman–Crippen LogP) is 3.90. The Balaban J connectivity index is 2.33. The maximum absolute atomic E-state index is 13.3. The summed E-state index contributed by atoms with van der Waals surface area (Å²) >= 11 is 1.53.